The third kappa shape index (κ3) is 8.02. The number of halogens is 1. The molecule has 0 spiro atoms. The fourth-order valence-electron chi connectivity index (χ4n) is 2.25. The Morgan fingerprint density at radius 3 is 2.36 bits per heavy atom. The van der Waals surface area contributed by atoms with Crippen molar-refractivity contribution in [3.63, 3.8) is 0 Å². The fourth-order valence-corrected chi connectivity index (χ4v) is 2.99. The van der Waals surface area contributed by atoms with E-state index in [1.54, 1.807) is 24.3 Å². The Kier molecular flexibility index (Phi) is 8.84. The van der Waals surface area contributed by atoms with Crippen LogP contribution in [0.4, 0.5) is 5.69 Å². The molecular weight excluding hydrogens is 400 g/mol. The van der Waals surface area contributed by atoms with Crippen molar-refractivity contribution in [3.05, 3.63) is 65.2 Å². The number of anilines is 1. The molecule has 0 radical (unpaired) electrons. The highest BCUT2D eigenvalue weighted by Gasteiger charge is 2.12. The molecule has 0 aliphatic rings. The van der Waals surface area contributed by atoms with Crippen molar-refractivity contribution >= 4 is 46.8 Å². The summed E-state index contributed by atoms with van der Waals surface area (Å²) >= 11 is 6.89. The molecule has 28 heavy (non-hydrogen) atoms. The average molecular weight is 421 g/mol. The molecule has 2 aromatic carbocycles. The van der Waals surface area contributed by atoms with Crippen LogP contribution < -0.4 is 10.6 Å². The number of amides is 2. The summed E-state index contributed by atoms with van der Waals surface area (Å²) in [5, 5.41) is 6.04. The lowest BCUT2D eigenvalue weighted by Gasteiger charge is -2.14. The van der Waals surface area contributed by atoms with Crippen LogP contribution in [-0.4, -0.2) is 35.9 Å². The second-order valence-electron chi connectivity index (χ2n) is 5.91. The molecule has 0 unspecified atom stereocenters. The van der Waals surface area contributed by atoms with Crippen molar-refractivity contribution in [3.8, 4) is 0 Å². The van der Waals surface area contributed by atoms with Gasteiger partial charge in [0.05, 0.1) is 17.5 Å². The first-order valence-electron chi connectivity index (χ1n) is 8.57. The van der Waals surface area contributed by atoms with E-state index in [4.69, 9.17) is 16.3 Å². The first-order chi connectivity index (χ1) is 13.4. The van der Waals surface area contributed by atoms with Crippen LogP contribution in [0.5, 0.6) is 0 Å². The first-order valence-corrected chi connectivity index (χ1v) is 10.1. The maximum absolute atomic E-state index is 11.9. The second-order valence-corrected chi connectivity index (χ2v) is 7.33. The number of rotatable bonds is 9. The fraction of sp³-hybridized carbons (Fsp3) is 0.250. The highest BCUT2D eigenvalue weighted by atomic mass is 35.5. The SMILES string of the molecule is C[C@@H](NC(=O)COC(=O)CSCC(=O)Nc1ccc(Cl)cc1)c1ccccc1. The summed E-state index contributed by atoms with van der Waals surface area (Å²) < 4.78 is 4.94. The zero-order chi connectivity index (χ0) is 20.4. The largest absolute Gasteiger partial charge is 0.455 e. The van der Waals surface area contributed by atoms with Gasteiger partial charge in [0.25, 0.3) is 5.91 Å². The molecule has 1 atom stereocenters. The van der Waals surface area contributed by atoms with Gasteiger partial charge in [-0.3, -0.25) is 14.4 Å². The number of hydrogen-bond donors (Lipinski definition) is 2. The van der Waals surface area contributed by atoms with Crippen molar-refractivity contribution in [2.24, 2.45) is 0 Å². The second kappa shape index (κ2) is 11.4. The molecule has 0 bridgehead atoms. The van der Waals surface area contributed by atoms with Gasteiger partial charge in [-0.2, -0.15) is 0 Å². The number of hydrogen-bond acceptors (Lipinski definition) is 5. The molecule has 0 aliphatic heterocycles. The molecule has 0 saturated carbocycles. The molecule has 2 amide bonds. The summed E-state index contributed by atoms with van der Waals surface area (Å²) in [7, 11) is 0. The Morgan fingerprint density at radius 2 is 1.68 bits per heavy atom. The number of nitrogens with one attached hydrogen (secondary N) is 2. The van der Waals surface area contributed by atoms with Crippen molar-refractivity contribution < 1.29 is 19.1 Å². The molecule has 2 N–H and O–H groups in total. The van der Waals surface area contributed by atoms with Crippen molar-refractivity contribution in [2.45, 2.75) is 13.0 Å². The van der Waals surface area contributed by atoms with E-state index in [1.807, 2.05) is 37.3 Å². The summed E-state index contributed by atoms with van der Waals surface area (Å²) in [5.74, 6) is -1.10. The third-order valence-corrected chi connectivity index (χ3v) is 4.78. The zero-order valence-electron chi connectivity index (χ0n) is 15.3. The van der Waals surface area contributed by atoms with Crippen LogP contribution in [-0.2, 0) is 19.1 Å². The molecule has 0 saturated heterocycles. The molecular formula is C20H21ClN2O4S. The lowest BCUT2D eigenvalue weighted by molar-refractivity contribution is -0.146. The molecule has 0 aliphatic carbocycles. The minimum absolute atomic E-state index is 0.0183. The van der Waals surface area contributed by atoms with Crippen LogP contribution in [0.2, 0.25) is 5.02 Å². The maximum Gasteiger partial charge on any atom is 0.316 e. The number of carbonyl (C=O) groups excluding carboxylic acids is 3. The lowest BCUT2D eigenvalue weighted by Crippen LogP contribution is -2.31. The van der Waals surface area contributed by atoms with Gasteiger partial charge in [-0.15, -0.1) is 11.8 Å². The average Bonchev–Trinajstić information content (AvgIpc) is 2.69. The molecule has 0 aromatic heterocycles. The van der Waals surface area contributed by atoms with Gasteiger partial charge in [0, 0.05) is 10.7 Å². The van der Waals surface area contributed by atoms with Crippen LogP contribution in [0, 0.1) is 0 Å². The van der Waals surface area contributed by atoms with E-state index >= 15 is 0 Å². The van der Waals surface area contributed by atoms with E-state index in [2.05, 4.69) is 10.6 Å². The first kappa shape index (κ1) is 21.8. The van der Waals surface area contributed by atoms with E-state index < -0.39 is 5.97 Å². The summed E-state index contributed by atoms with van der Waals surface area (Å²) in [6, 6.07) is 16.0. The minimum atomic E-state index is -0.549. The Labute approximate surface area is 173 Å². The van der Waals surface area contributed by atoms with E-state index in [9.17, 15) is 14.4 Å². The predicted molar refractivity (Wildman–Crippen MR) is 111 cm³/mol. The van der Waals surface area contributed by atoms with Crippen molar-refractivity contribution in [1.82, 2.24) is 5.32 Å². The predicted octanol–water partition coefficient (Wildman–Crippen LogP) is 3.43. The lowest BCUT2D eigenvalue weighted by atomic mass is 10.1. The minimum Gasteiger partial charge on any atom is -0.455 e. The quantitative estimate of drug-likeness (QED) is 0.607. The van der Waals surface area contributed by atoms with Crippen LogP contribution in [0.1, 0.15) is 18.5 Å². The van der Waals surface area contributed by atoms with Crippen molar-refractivity contribution in [1.29, 1.82) is 0 Å². The molecule has 0 heterocycles. The van der Waals surface area contributed by atoms with Gasteiger partial charge in [-0.05, 0) is 36.8 Å². The van der Waals surface area contributed by atoms with Crippen LogP contribution in [0.15, 0.2) is 54.6 Å². The standard InChI is InChI=1S/C20H21ClN2O4S/c1-14(15-5-3-2-4-6-15)22-18(24)11-27-20(26)13-28-12-19(25)23-17-9-7-16(21)8-10-17/h2-10,14H,11-13H2,1H3,(H,22,24)(H,23,25)/t14-/m1/s1. The molecule has 0 fully saturated rings. The van der Waals surface area contributed by atoms with Gasteiger partial charge in [0.1, 0.15) is 0 Å². The monoisotopic (exact) mass is 420 g/mol. The highest BCUT2D eigenvalue weighted by molar-refractivity contribution is 8.00. The number of thioether (sulfide) groups is 1. The third-order valence-electron chi connectivity index (χ3n) is 3.62. The van der Waals surface area contributed by atoms with E-state index in [0.717, 1.165) is 17.3 Å². The topological polar surface area (TPSA) is 84.5 Å². The van der Waals surface area contributed by atoms with Gasteiger partial charge < -0.3 is 15.4 Å². The Balaban J connectivity index is 1.61. The van der Waals surface area contributed by atoms with E-state index in [-0.39, 0.29) is 36.0 Å². The molecule has 2 aromatic rings. The van der Waals surface area contributed by atoms with Gasteiger partial charge >= 0.3 is 5.97 Å². The summed E-state index contributed by atoms with van der Waals surface area (Å²) in [5.41, 5.74) is 1.59. The number of ether oxygens (including phenoxy) is 1. The zero-order valence-corrected chi connectivity index (χ0v) is 16.9. The molecule has 6 nitrogen and oxygen atoms in total. The van der Waals surface area contributed by atoms with Crippen LogP contribution in [0.25, 0.3) is 0 Å². The summed E-state index contributed by atoms with van der Waals surface area (Å²) in [4.78, 5) is 35.4. The van der Waals surface area contributed by atoms with Gasteiger partial charge in [-0.1, -0.05) is 41.9 Å². The Hall–Kier alpha value is -2.51. The van der Waals surface area contributed by atoms with E-state index in [0.29, 0.717) is 10.7 Å². The van der Waals surface area contributed by atoms with Gasteiger partial charge in [0.2, 0.25) is 5.91 Å². The number of esters is 1. The normalized spacial score (nSPS) is 11.4. The molecule has 2 rings (SSSR count). The number of benzene rings is 2. The number of carbonyl (C=O) groups is 3. The smallest absolute Gasteiger partial charge is 0.316 e. The van der Waals surface area contributed by atoms with Crippen LogP contribution >= 0.6 is 23.4 Å². The highest BCUT2D eigenvalue weighted by Crippen LogP contribution is 2.14. The van der Waals surface area contributed by atoms with E-state index in [1.165, 1.54) is 0 Å². The summed E-state index contributed by atoms with van der Waals surface area (Å²) in [6.07, 6.45) is 0. The Morgan fingerprint density at radius 1 is 1.00 bits per heavy atom. The van der Waals surface area contributed by atoms with Gasteiger partial charge in [-0.25, -0.2) is 0 Å². The molecule has 8 heteroatoms. The van der Waals surface area contributed by atoms with Crippen LogP contribution in [0.3, 0.4) is 0 Å². The Bertz CT molecular complexity index is 800. The van der Waals surface area contributed by atoms with Gasteiger partial charge in [0.15, 0.2) is 6.61 Å². The maximum atomic E-state index is 11.9. The summed E-state index contributed by atoms with van der Waals surface area (Å²) in [6.45, 7) is 1.50. The van der Waals surface area contributed by atoms with Crippen molar-refractivity contribution in [2.75, 3.05) is 23.4 Å². The molecule has 148 valence electrons.